The van der Waals surface area contributed by atoms with Gasteiger partial charge in [-0.25, -0.2) is 17.9 Å². The minimum absolute atomic E-state index is 0.0225. The Kier molecular flexibility index (Phi) is 2.05. The van der Waals surface area contributed by atoms with Crippen LogP contribution in [-0.2, 0) is 10.0 Å². The number of nitrogens with zero attached hydrogens (tertiary/aromatic N) is 1. The van der Waals surface area contributed by atoms with E-state index >= 15 is 0 Å². The molecule has 16 heavy (non-hydrogen) atoms. The fraction of sp³-hybridized carbons (Fsp3) is 0. The molecule has 0 spiro atoms. The number of nitrogens with one attached hydrogen (secondary N) is 2. The Morgan fingerprint density at radius 3 is 2.62 bits per heavy atom. The predicted molar refractivity (Wildman–Crippen MR) is 52.4 cm³/mol. The average molecular weight is 243 g/mol. The molecule has 0 saturated heterocycles. The molecule has 2 amide bonds. The second-order valence-corrected chi connectivity index (χ2v) is 4.65. The van der Waals surface area contributed by atoms with Crippen LogP contribution in [0, 0.1) is 10.1 Å². The molecule has 0 aromatic heterocycles. The zero-order valence-corrected chi connectivity index (χ0v) is 8.45. The van der Waals surface area contributed by atoms with Gasteiger partial charge < -0.3 is 5.32 Å². The number of anilines is 1. The first-order chi connectivity index (χ1) is 7.40. The van der Waals surface area contributed by atoms with E-state index in [0.29, 0.717) is 0 Å². The lowest BCUT2D eigenvalue weighted by molar-refractivity contribution is -0.385. The number of hydrogen-bond acceptors (Lipinski definition) is 5. The highest BCUT2D eigenvalue weighted by Crippen LogP contribution is 2.28. The zero-order valence-electron chi connectivity index (χ0n) is 7.63. The van der Waals surface area contributed by atoms with Crippen LogP contribution in [0.2, 0.25) is 0 Å². The maximum atomic E-state index is 11.5. The van der Waals surface area contributed by atoms with Crippen LogP contribution >= 0.6 is 0 Å². The summed E-state index contributed by atoms with van der Waals surface area (Å²) in [5, 5.41) is 12.7. The molecule has 84 valence electrons. The SMILES string of the molecule is O=C1Nc2ccc([N+](=O)[O-])cc2S(=O)(=O)N1. The number of nitro benzene ring substituents is 1. The molecular weight excluding hydrogens is 238 g/mol. The van der Waals surface area contributed by atoms with E-state index in [2.05, 4.69) is 5.32 Å². The molecule has 0 saturated carbocycles. The summed E-state index contributed by atoms with van der Waals surface area (Å²) in [7, 11) is -4.01. The van der Waals surface area contributed by atoms with Crippen molar-refractivity contribution >= 4 is 27.4 Å². The molecule has 1 aliphatic rings. The minimum atomic E-state index is -4.01. The van der Waals surface area contributed by atoms with E-state index in [9.17, 15) is 23.3 Å². The third-order valence-corrected chi connectivity index (χ3v) is 3.31. The van der Waals surface area contributed by atoms with Crippen LogP contribution in [0.4, 0.5) is 16.2 Å². The Morgan fingerprint density at radius 1 is 1.31 bits per heavy atom. The van der Waals surface area contributed by atoms with Gasteiger partial charge in [-0.05, 0) is 6.07 Å². The number of urea groups is 1. The molecule has 0 fully saturated rings. The van der Waals surface area contributed by atoms with Crippen LogP contribution in [0.25, 0.3) is 0 Å². The molecule has 9 heteroatoms. The number of benzene rings is 1. The van der Waals surface area contributed by atoms with Crippen molar-refractivity contribution < 1.29 is 18.1 Å². The third-order valence-electron chi connectivity index (χ3n) is 1.94. The fourth-order valence-electron chi connectivity index (χ4n) is 1.28. The Balaban J connectivity index is 2.66. The summed E-state index contributed by atoms with van der Waals surface area (Å²) in [6.45, 7) is 0. The van der Waals surface area contributed by atoms with Crippen LogP contribution in [0.15, 0.2) is 23.1 Å². The molecule has 0 bridgehead atoms. The van der Waals surface area contributed by atoms with Gasteiger partial charge in [0.2, 0.25) is 0 Å². The molecule has 1 aliphatic heterocycles. The van der Waals surface area contributed by atoms with E-state index in [-0.39, 0.29) is 16.3 Å². The highest BCUT2D eigenvalue weighted by atomic mass is 32.2. The lowest BCUT2D eigenvalue weighted by Gasteiger charge is -2.17. The summed E-state index contributed by atoms with van der Waals surface area (Å²) in [4.78, 5) is 20.4. The molecule has 0 unspecified atom stereocenters. The van der Waals surface area contributed by atoms with Gasteiger partial charge in [0.05, 0.1) is 10.6 Å². The topological polar surface area (TPSA) is 118 Å². The van der Waals surface area contributed by atoms with Crippen molar-refractivity contribution in [3.05, 3.63) is 28.3 Å². The highest BCUT2D eigenvalue weighted by molar-refractivity contribution is 7.90. The maximum Gasteiger partial charge on any atom is 0.333 e. The average Bonchev–Trinajstić information content (AvgIpc) is 2.15. The normalized spacial score (nSPS) is 16.9. The molecule has 8 nitrogen and oxygen atoms in total. The summed E-state index contributed by atoms with van der Waals surface area (Å²) in [6, 6.07) is 2.28. The van der Waals surface area contributed by atoms with E-state index in [4.69, 9.17) is 0 Å². The minimum Gasteiger partial charge on any atom is -0.306 e. The van der Waals surface area contributed by atoms with E-state index in [0.717, 1.165) is 12.1 Å². The highest BCUT2D eigenvalue weighted by Gasteiger charge is 2.29. The van der Waals surface area contributed by atoms with Crippen LogP contribution in [0.5, 0.6) is 0 Å². The van der Waals surface area contributed by atoms with E-state index in [1.807, 2.05) is 0 Å². The Labute approximate surface area is 89.5 Å². The van der Waals surface area contributed by atoms with Crippen molar-refractivity contribution in [3.8, 4) is 0 Å². The standard InChI is InChI=1S/C7H5N3O5S/c11-7-8-5-2-1-4(10(12)13)3-6(5)16(14,15)9-7/h1-3H,(H2,8,9,11). The van der Waals surface area contributed by atoms with Gasteiger partial charge in [0.1, 0.15) is 4.90 Å². The lowest BCUT2D eigenvalue weighted by Crippen LogP contribution is -2.39. The Bertz CT molecular complexity index is 594. The Morgan fingerprint density at radius 2 is 2.00 bits per heavy atom. The monoisotopic (exact) mass is 243 g/mol. The predicted octanol–water partition coefficient (Wildman–Crippen LogP) is 0.419. The third kappa shape index (κ3) is 1.56. The number of non-ortho nitro benzene ring substituents is 1. The number of hydrogen-bond donors (Lipinski definition) is 2. The summed E-state index contributed by atoms with van der Waals surface area (Å²) < 4.78 is 24.6. The Hall–Kier alpha value is -2.16. The largest absolute Gasteiger partial charge is 0.333 e. The molecule has 2 rings (SSSR count). The van der Waals surface area contributed by atoms with Gasteiger partial charge in [-0.15, -0.1) is 0 Å². The van der Waals surface area contributed by atoms with Crippen molar-refractivity contribution in [1.29, 1.82) is 0 Å². The van der Waals surface area contributed by atoms with Gasteiger partial charge in [-0.1, -0.05) is 0 Å². The van der Waals surface area contributed by atoms with Crippen molar-refractivity contribution in [2.45, 2.75) is 4.90 Å². The first kappa shape index (κ1) is 10.4. The first-order valence-corrected chi connectivity index (χ1v) is 5.51. The van der Waals surface area contributed by atoms with Gasteiger partial charge >= 0.3 is 6.03 Å². The summed E-state index contributed by atoms with van der Waals surface area (Å²) in [6.07, 6.45) is 0. The summed E-state index contributed by atoms with van der Waals surface area (Å²) in [5.74, 6) is 0. The number of carbonyl (C=O) groups is 1. The summed E-state index contributed by atoms with van der Waals surface area (Å²) in [5.41, 5.74) is -0.338. The van der Waals surface area contributed by atoms with E-state index in [1.165, 1.54) is 6.07 Å². The van der Waals surface area contributed by atoms with Gasteiger partial charge in [0.15, 0.2) is 0 Å². The molecule has 1 aromatic carbocycles. The lowest BCUT2D eigenvalue weighted by atomic mass is 10.3. The number of fused-ring (bicyclic) bond motifs is 1. The number of amides is 2. The zero-order chi connectivity index (χ0) is 11.9. The quantitative estimate of drug-likeness (QED) is 0.547. The van der Waals surface area contributed by atoms with Crippen LogP contribution in [0.3, 0.4) is 0 Å². The summed E-state index contributed by atoms with van der Waals surface area (Å²) >= 11 is 0. The van der Waals surface area contributed by atoms with E-state index in [1.54, 1.807) is 4.72 Å². The molecule has 0 aliphatic carbocycles. The van der Waals surface area contributed by atoms with Crippen LogP contribution in [-0.4, -0.2) is 19.4 Å². The molecule has 2 N–H and O–H groups in total. The molecule has 0 atom stereocenters. The number of sulfonamides is 1. The van der Waals surface area contributed by atoms with Crippen LogP contribution < -0.4 is 10.0 Å². The van der Waals surface area contributed by atoms with Crippen molar-refractivity contribution in [2.75, 3.05) is 5.32 Å². The molecule has 1 heterocycles. The second-order valence-electron chi connectivity index (χ2n) is 3.00. The van der Waals surface area contributed by atoms with Crippen molar-refractivity contribution in [3.63, 3.8) is 0 Å². The van der Waals surface area contributed by atoms with Gasteiger partial charge in [0.25, 0.3) is 15.7 Å². The van der Waals surface area contributed by atoms with Crippen molar-refractivity contribution in [1.82, 2.24) is 4.72 Å². The van der Waals surface area contributed by atoms with Crippen LogP contribution in [0.1, 0.15) is 0 Å². The van der Waals surface area contributed by atoms with Gasteiger partial charge in [0, 0.05) is 12.1 Å². The maximum absolute atomic E-state index is 11.5. The fourth-order valence-corrected chi connectivity index (χ4v) is 2.36. The first-order valence-electron chi connectivity index (χ1n) is 4.02. The van der Waals surface area contributed by atoms with E-state index < -0.39 is 21.0 Å². The van der Waals surface area contributed by atoms with Gasteiger partial charge in [-0.2, -0.15) is 0 Å². The molecule has 0 radical (unpaired) electrons. The van der Waals surface area contributed by atoms with Gasteiger partial charge in [-0.3, -0.25) is 10.1 Å². The molecule has 1 aromatic rings. The number of rotatable bonds is 1. The second kappa shape index (κ2) is 3.17. The van der Waals surface area contributed by atoms with Crippen molar-refractivity contribution in [2.24, 2.45) is 0 Å². The molecular formula is C7H5N3O5S. The number of nitro groups is 1. The number of carbonyl (C=O) groups excluding carboxylic acids is 1. The smallest absolute Gasteiger partial charge is 0.306 e.